The van der Waals surface area contributed by atoms with Crippen LogP contribution < -0.4 is 0 Å². The number of likely N-dealkylation sites (tertiary alicyclic amines) is 2. The van der Waals surface area contributed by atoms with E-state index < -0.39 is 11.9 Å². The molecule has 1 N–H and O–H groups in total. The summed E-state index contributed by atoms with van der Waals surface area (Å²) < 4.78 is 0. The van der Waals surface area contributed by atoms with Crippen LogP contribution in [-0.2, 0) is 14.4 Å². The summed E-state index contributed by atoms with van der Waals surface area (Å²) in [6, 6.07) is 0. The molecule has 0 saturated carbocycles. The molecule has 2 atom stereocenters. The van der Waals surface area contributed by atoms with Crippen molar-refractivity contribution in [3.8, 4) is 0 Å². The third kappa shape index (κ3) is 3.54. The average molecular weight is 296 g/mol. The lowest BCUT2D eigenvalue weighted by Crippen LogP contribution is -2.47. The molecule has 2 aliphatic heterocycles. The molecule has 2 heterocycles. The number of piperidine rings is 1. The Balaban J connectivity index is 1.94. The SMILES string of the molecule is CC(C)C(=O)N1CCCC(C(=O)N2CCC(C(=O)O)C2)C1. The standard InChI is InChI=1S/C15H24N2O4/c1-10(2)13(18)16-6-3-4-11(8-16)14(19)17-7-5-12(9-17)15(20)21/h10-12H,3-9H2,1-2H3,(H,20,21). The topological polar surface area (TPSA) is 77.9 Å². The van der Waals surface area contributed by atoms with Crippen molar-refractivity contribution in [3.63, 3.8) is 0 Å². The van der Waals surface area contributed by atoms with Crippen LogP contribution in [0.5, 0.6) is 0 Å². The number of hydrogen-bond donors (Lipinski definition) is 1. The van der Waals surface area contributed by atoms with Crippen molar-refractivity contribution in [1.82, 2.24) is 9.80 Å². The van der Waals surface area contributed by atoms with Crippen molar-refractivity contribution in [2.75, 3.05) is 26.2 Å². The average Bonchev–Trinajstić information content (AvgIpc) is 2.95. The zero-order chi connectivity index (χ0) is 15.6. The molecule has 0 radical (unpaired) electrons. The quantitative estimate of drug-likeness (QED) is 0.836. The molecular formula is C15H24N2O4. The lowest BCUT2D eigenvalue weighted by molar-refractivity contribution is -0.142. The van der Waals surface area contributed by atoms with E-state index in [2.05, 4.69) is 0 Å². The molecule has 0 aliphatic carbocycles. The van der Waals surface area contributed by atoms with Crippen LogP contribution in [0.2, 0.25) is 0 Å². The van der Waals surface area contributed by atoms with E-state index in [-0.39, 0.29) is 23.7 Å². The van der Waals surface area contributed by atoms with Crippen LogP contribution in [0.15, 0.2) is 0 Å². The maximum atomic E-state index is 12.5. The highest BCUT2D eigenvalue weighted by molar-refractivity contribution is 5.83. The van der Waals surface area contributed by atoms with Gasteiger partial charge in [0.1, 0.15) is 0 Å². The fraction of sp³-hybridized carbons (Fsp3) is 0.800. The first kappa shape index (κ1) is 15.8. The van der Waals surface area contributed by atoms with E-state index in [1.165, 1.54) is 0 Å². The molecule has 21 heavy (non-hydrogen) atoms. The Morgan fingerprint density at radius 2 is 1.67 bits per heavy atom. The molecule has 0 bridgehead atoms. The molecule has 2 aliphatic rings. The second-order valence-corrected chi connectivity index (χ2v) is 6.39. The zero-order valence-electron chi connectivity index (χ0n) is 12.7. The van der Waals surface area contributed by atoms with E-state index in [1.54, 1.807) is 9.80 Å². The normalized spacial score (nSPS) is 26.2. The minimum atomic E-state index is -0.828. The molecule has 2 amide bonds. The minimum absolute atomic E-state index is 0.0139. The van der Waals surface area contributed by atoms with Gasteiger partial charge in [0, 0.05) is 32.1 Å². The van der Waals surface area contributed by atoms with Crippen LogP contribution in [0.25, 0.3) is 0 Å². The number of amides is 2. The van der Waals surface area contributed by atoms with Crippen molar-refractivity contribution < 1.29 is 19.5 Å². The number of hydrogen-bond acceptors (Lipinski definition) is 3. The Hall–Kier alpha value is -1.59. The van der Waals surface area contributed by atoms with E-state index in [4.69, 9.17) is 5.11 Å². The van der Waals surface area contributed by atoms with E-state index in [0.717, 1.165) is 19.4 Å². The number of nitrogens with zero attached hydrogens (tertiary/aromatic N) is 2. The second-order valence-electron chi connectivity index (χ2n) is 6.39. The smallest absolute Gasteiger partial charge is 0.308 e. The van der Waals surface area contributed by atoms with Crippen molar-refractivity contribution in [3.05, 3.63) is 0 Å². The maximum absolute atomic E-state index is 12.5. The first-order valence-corrected chi connectivity index (χ1v) is 7.70. The summed E-state index contributed by atoms with van der Waals surface area (Å²) >= 11 is 0. The molecule has 0 aromatic rings. The Kier molecular flexibility index (Phi) is 4.85. The molecular weight excluding hydrogens is 272 g/mol. The van der Waals surface area contributed by atoms with Crippen LogP contribution >= 0.6 is 0 Å². The third-order valence-electron chi connectivity index (χ3n) is 4.43. The summed E-state index contributed by atoms with van der Waals surface area (Å²) in [6.45, 7) is 5.76. The highest BCUT2D eigenvalue weighted by atomic mass is 16.4. The van der Waals surface area contributed by atoms with Gasteiger partial charge in [0.05, 0.1) is 11.8 Å². The summed E-state index contributed by atoms with van der Waals surface area (Å²) in [5.41, 5.74) is 0. The highest BCUT2D eigenvalue weighted by Gasteiger charge is 2.36. The fourth-order valence-electron chi connectivity index (χ4n) is 3.16. The number of aliphatic carboxylic acids is 1. The van der Waals surface area contributed by atoms with Crippen LogP contribution in [0.1, 0.15) is 33.1 Å². The molecule has 0 spiro atoms. The Morgan fingerprint density at radius 1 is 1.00 bits per heavy atom. The molecule has 2 rings (SSSR count). The van der Waals surface area contributed by atoms with Gasteiger partial charge in [-0.2, -0.15) is 0 Å². The third-order valence-corrected chi connectivity index (χ3v) is 4.43. The minimum Gasteiger partial charge on any atom is -0.481 e. The molecule has 118 valence electrons. The number of rotatable bonds is 3. The van der Waals surface area contributed by atoms with E-state index in [0.29, 0.717) is 26.1 Å². The Bertz CT molecular complexity index is 435. The summed E-state index contributed by atoms with van der Waals surface area (Å²) in [4.78, 5) is 39.0. The number of carboxylic acids is 1. The lowest BCUT2D eigenvalue weighted by atomic mass is 9.95. The predicted molar refractivity (Wildman–Crippen MR) is 76.5 cm³/mol. The van der Waals surface area contributed by atoms with E-state index in [1.807, 2.05) is 13.8 Å². The van der Waals surface area contributed by atoms with E-state index >= 15 is 0 Å². The second kappa shape index (κ2) is 6.45. The van der Waals surface area contributed by atoms with Crippen LogP contribution in [0, 0.1) is 17.8 Å². The van der Waals surface area contributed by atoms with Gasteiger partial charge in [-0.3, -0.25) is 14.4 Å². The molecule has 2 saturated heterocycles. The van der Waals surface area contributed by atoms with Gasteiger partial charge < -0.3 is 14.9 Å². The monoisotopic (exact) mass is 296 g/mol. The first-order valence-electron chi connectivity index (χ1n) is 7.70. The number of carbonyl (C=O) groups is 3. The first-order chi connectivity index (χ1) is 9.90. The highest BCUT2D eigenvalue weighted by Crippen LogP contribution is 2.24. The Morgan fingerprint density at radius 3 is 2.24 bits per heavy atom. The molecule has 6 nitrogen and oxygen atoms in total. The van der Waals surface area contributed by atoms with Crippen molar-refractivity contribution in [2.45, 2.75) is 33.1 Å². The van der Waals surface area contributed by atoms with E-state index in [9.17, 15) is 14.4 Å². The molecule has 6 heteroatoms. The Labute approximate surface area is 125 Å². The predicted octanol–water partition coefficient (Wildman–Crippen LogP) is 0.814. The molecule has 2 fully saturated rings. The van der Waals surface area contributed by atoms with Gasteiger partial charge in [0.25, 0.3) is 0 Å². The zero-order valence-corrected chi connectivity index (χ0v) is 12.7. The summed E-state index contributed by atoms with van der Waals surface area (Å²) in [7, 11) is 0. The molecule has 2 unspecified atom stereocenters. The van der Waals surface area contributed by atoms with Gasteiger partial charge >= 0.3 is 5.97 Å². The maximum Gasteiger partial charge on any atom is 0.308 e. The van der Waals surface area contributed by atoms with Crippen LogP contribution in [0.4, 0.5) is 0 Å². The van der Waals surface area contributed by atoms with Gasteiger partial charge in [-0.05, 0) is 19.3 Å². The van der Waals surface area contributed by atoms with Crippen LogP contribution in [0.3, 0.4) is 0 Å². The molecule has 0 aromatic heterocycles. The number of carbonyl (C=O) groups excluding carboxylic acids is 2. The lowest BCUT2D eigenvalue weighted by Gasteiger charge is -2.34. The summed E-state index contributed by atoms with van der Waals surface area (Å²) in [6.07, 6.45) is 2.16. The summed E-state index contributed by atoms with van der Waals surface area (Å²) in [5.74, 6) is -1.38. The van der Waals surface area contributed by atoms with Gasteiger partial charge in [0.2, 0.25) is 11.8 Å². The van der Waals surface area contributed by atoms with Gasteiger partial charge in [0.15, 0.2) is 0 Å². The van der Waals surface area contributed by atoms with Gasteiger partial charge in [-0.1, -0.05) is 13.8 Å². The van der Waals surface area contributed by atoms with Gasteiger partial charge in [-0.25, -0.2) is 0 Å². The number of carboxylic acid groups (broad SMARTS) is 1. The van der Waals surface area contributed by atoms with Crippen molar-refractivity contribution >= 4 is 17.8 Å². The van der Waals surface area contributed by atoms with Gasteiger partial charge in [-0.15, -0.1) is 0 Å². The molecule has 0 aromatic carbocycles. The largest absolute Gasteiger partial charge is 0.481 e. The van der Waals surface area contributed by atoms with Crippen molar-refractivity contribution in [2.24, 2.45) is 17.8 Å². The summed E-state index contributed by atoms with van der Waals surface area (Å²) in [5, 5.41) is 9.01. The fourth-order valence-corrected chi connectivity index (χ4v) is 3.16. The van der Waals surface area contributed by atoms with Crippen molar-refractivity contribution in [1.29, 1.82) is 0 Å². The van der Waals surface area contributed by atoms with Crippen LogP contribution in [-0.4, -0.2) is 58.9 Å².